The van der Waals surface area contributed by atoms with Crippen molar-refractivity contribution in [3.05, 3.63) is 48.0 Å². The molecule has 2 aromatic carbocycles. The maximum absolute atomic E-state index is 12.9. The highest BCUT2D eigenvalue weighted by molar-refractivity contribution is 7.99. The van der Waals surface area contributed by atoms with Crippen LogP contribution in [0.15, 0.2) is 47.6 Å². The van der Waals surface area contributed by atoms with Gasteiger partial charge in [-0.1, -0.05) is 43.8 Å². The lowest BCUT2D eigenvalue weighted by Crippen LogP contribution is -2.33. The molecule has 180 valence electrons. The molecule has 1 N–H and O–H groups in total. The van der Waals surface area contributed by atoms with Gasteiger partial charge < -0.3 is 24.1 Å². The number of aromatic nitrogens is 3. The molecule has 1 atom stereocenters. The second kappa shape index (κ2) is 10.8. The van der Waals surface area contributed by atoms with Gasteiger partial charge in [0.2, 0.25) is 5.91 Å². The van der Waals surface area contributed by atoms with E-state index in [0.717, 1.165) is 34.8 Å². The second-order valence-corrected chi connectivity index (χ2v) is 9.34. The van der Waals surface area contributed by atoms with Crippen LogP contribution in [-0.4, -0.2) is 46.7 Å². The summed E-state index contributed by atoms with van der Waals surface area (Å²) in [5.41, 5.74) is 1.85. The summed E-state index contributed by atoms with van der Waals surface area (Å²) in [5.74, 6) is 3.25. The van der Waals surface area contributed by atoms with Crippen molar-refractivity contribution in [1.29, 1.82) is 0 Å². The average Bonchev–Trinajstić information content (AvgIpc) is 3.04. The van der Waals surface area contributed by atoms with Gasteiger partial charge in [-0.2, -0.15) is 0 Å². The zero-order valence-corrected chi connectivity index (χ0v) is 20.7. The van der Waals surface area contributed by atoms with E-state index < -0.39 is 0 Å². The summed E-state index contributed by atoms with van der Waals surface area (Å²) >= 11 is 1.35. The van der Waals surface area contributed by atoms with Gasteiger partial charge in [0.1, 0.15) is 5.75 Å². The first kappa shape index (κ1) is 23.9. The van der Waals surface area contributed by atoms with Gasteiger partial charge in [-0.25, -0.2) is 0 Å². The summed E-state index contributed by atoms with van der Waals surface area (Å²) in [6, 6.07) is 13.4. The Labute approximate surface area is 204 Å². The number of nitrogens with one attached hydrogen (secondary N) is 1. The van der Waals surface area contributed by atoms with Crippen LogP contribution in [0.3, 0.4) is 0 Å². The number of methoxy groups -OCH3 is 1. The van der Waals surface area contributed by atoms with E-state index in [1.165, 1.54) is 11.8 Å². The van der Waals surface area contributed by atoms with Gasteiger partial charge in [-0.3, -0.25) is 4.79 Å². The Morgan fingerprint density at radius 1 is 1.15 bits per heavy atom. The molecule has 3 aromatic rings. The van der Waals surface area contributed by atoms with Gasteiger partial charge in [0.05, 0.1) is 37.7 Å². The number of hydrogen-bond acceptors (Lipinski definition) is 7. The summed E-state index contributed by atoms with van der Waals surface area (Å²) in [4.78, 5) is 12.9. The van der Waals surface area contributed by atoms with Crippen molar-refractivity contribution in [2.24, 2.45) is 13.0 Å². The van der Waals surface area contributed by atoms with Crippen LogP contribution in [0.5, 0.6) is 17.2 Å². The van der Waals surface area contributed by atoms with Crippen molar-refractivity contribution in [3.63, 3.8) is 0 Å². The first-order valence-electron chi connectivity index (χ1n) is 11.3. The molecule has 0 spiro atoms. The Hall–Kier alpha value is -3.20. The monoisotopic (exact) mass is 482 g/mol. The molecule has 0 aliphatic carbocycles. The SMILES string of the molecule is COc1ccccc1-c1nnc(SCC(=O)N[C@H](c2ccc3c(c2)OCCCO3)C(C)C)n1C. The predicted molar refractivity (Wildman–Crippen MR) is 131 cm³/mol. The molecule has 0 unspecified atom stereocenters. The molecule has 2 heterocycles. The van der Waals surface area contributed by atoms with E-state index >= 15 is 0 Å². The third kappa shape index (κ3) is 5.30. The fourth-order valence-electron chi connectivity index (χ4n) is 3.86. The molecule has 9 heteroatoms. The van der Waals surface area contributed by atoms with Crippen LogP contribution < -0.4 is 19.5 Å². The fourth-order valence-corrected chi connectivity index (χ4v) is 4.58. The van der Waals surface area contributed by atoms with Crippen molar-refractivity contribution in [2.45, 2.75) is 31.5 Å². The first-order valence-corrected chi connectivity index (χ1v) is 12.3. The van der Waals surface area contributed by atoms with Gasteiger partial charge in [0.15, 0.2) is 22.5 Å². The van der Waals surface area contributed by atoms with E-state index in [-0.39, 0.29) is 23.6 Å². The minimum absolute atomic E-state index is 0.0716. The molecule has 1 amide bonds. The van der Waals surface area contributed by atoms with E-state index in [0.29, 0.717) is 24.2 Å². The highest BCUT2D eigenvalue weighted by atomic mass is 32.2. The van der Waals surface area contributed by atoms with Crippen molar-refractivity contribution < 1.29 is 19.0 Å². The number of rotatable bonds is 8. The van der Waals surface area contributed by atoms with Crippen LogP contribution in [-0.2, 0) is 11.8 Å². The third-order valence-corrected chi connectivity index (χ3v) is 6.65. The largest absolute Gasteiger partial charge is 0.496 e. The number of amides is 1. The predicted octanol–water partition coefficient (Wildman–Crippen LogP) is 4.26. The number of benzene rings is 2. The van der Waals surface area contributed by atoms with E-state index in [2.05, 4.69) is 29.4 Å². The minimum atomic E-state index is -0.145. The smallest absolute Gasteiger partial charge is 0.230 e. The van der Waals surface area contributed by atoms with E-state index in [9.17, 15) is 4.79 Å². The average molecular weight is 483 g/mol. The fraction of sp³-hybridized carbons (Fsp3) is 0.400. The van der Waals surface area contributed by atoms with Crippen LogP contribution in [0, 0.1) is 5.92 Å². The van der Waals surface area contributed by atoms with E-state index in [1.807, 2.05) is 54.1 Å². The number of carbonyl (C=O) groups excluding carboxylic acids is 1. The second-order valence-electron chi connectivity index (χ2n) is 8.40. The Morgan fingerprint density at radius 2 is 1.91 bits per heavy atom. The van der Waals surface area contributed by atoms with Gasteiger partial charge in [-0.05, 0) is 35.7 Å². The first-order chi connectivity index (χ1) is 16.5. The molecule has 34 heavy (non-hydrogen) atoms. The topological polar surface area (TPSA) is 87.5 Å². The minimum Gasteiger partial charge on any atom is -0.496 e. The van der Waals surface area contributed by atoms with Crippen molar-refractivity contribution in [2.75, 3.05) is 26.1 Å². The van der Waals surface area contributed by atoms with Gasteiger partial charge in [0.25, 0.3) is 0 Å². The maximum Gasteiger partial charge on any atom is 0.230 e. The molecule has 4 rings (SSSR count). The molecule has 0 bridgehead atoms. The molecular formula is C25H30N4O4S. The Balaban J connectivity index is 1.43. The Morgan fingerprint density at radius 3 is 2.68 bits per heavy atom. The lowest BCUT2D eigenvalue weighted by Gasteiger charge is -2.24. The van der Waals surface area contributed by atoms with Gasteiger partial charge >= 0.3 is 0 Å². The molecule has 0 saturated heterocycles. The third-order valence-electron chi connectivity index (χ3n) is 5.63. The van der Waals surface area contributed by atoms with E-state index in [4.69, 9.17) is 14.2 Å². The molecular weight excluding hydrogens is 452 g/mol. The molecule has 0 fully saturated rings. The summed E-state index contributed by atoms with van der Waals surface area (Å²) < 4.78 is 18.9. The quantitative estimate of drug-likeness (QED) is 0.480. The number of hydrogen-bond donors (Lipinski definition) is 1. The van der Waals surface area contributed by atoms with Crippen molar-refractivity contribution >= 4 is 17.7 Å². The molecule has 8 nitrogen and oxygen atoms in total. The van der Waals surface area contributed by atoms with Crippen LogP contribution in [0.25, 0.3) is 11.4 Å². The standard InChI is InChI=1S/C25H30N4O4S/c1-16(2)23(17-10-11-20-21(14-17)33-13-7-12-32-20)26-22(30)15-34-25-28-27-24(29(25)3)18-8-5-6-9-19(18)31-4/h5-6,8-11,14,16,23H,7,12-13,15H2,1-4H3,(H,26,30)/t23-/m0/s1. The maximum atomic E-state index is 12.9. The highest BCUT2D eigenvalue weighted by Crippen LogP contribution is 2.34. The number of carbonyl (C=O) groups is 1. The molecule has 1 aliphatic heterocycles. The van der Waals surface area contributed by atoms with Gasteiger partial charge in [0, 0.05) is 13.5 Å². The number of ether oxygens (including phenoxy) is 3. The lowest BCUT2D eigenvalue weighted by molar-refractivity contribution is -0.119. The lowest BCUT2D eigenvalue weighted by atomic mass is 9.95. The zero-order valence-electron chi connectivity index (χ0n) is 19.9. The summed E-state index contributed by atoms with van der Waals surface area (Å²) in [5, 5.41) is 12.4. The molecule has 1 aromatic heterocycles. The number of fused-ring (bicyclic) bond motifs is 1. The number of thioether (sulfide) groups is 1. The Kier molecular flexibility index (Phi) is 7.62. The van der Waals surface area contributed by atoms with Crippen molar-refractivity contribution in [3.8, 4) is 28.6 Å². The summed E-state index contributed by atoms with van der Waals surface area (Å²) in [6.45, 7) is 5.45. The molecule has 1 aliphatic rings. The van der Waals surface area contributed by atoms with Crippen molar-refractivity contribution in [1.82, 2.24) is 20.1 Å². The summed E-state index contributed by atoms with van der Waals surface area (Å²) in [7, 11) is 3.51. The Bertz CT molecular complexity index is 1150. The number of para-hydroxylation sites is 1. The van der Waals surface area contributed by atoms with Gasteiger partial charge in [-0.15, -0.1) is 10.2 Å². The van der Waals surface area contributed by atoms with E-state index in [1.54, 1.807) is 7.11 Å². The van der Waals surface area contributed by atoms with Crippen LogP contribution in [0.2, 0.25) is 0 Å². The molecule has 0 saturated carbocycles. The van der Waals surface area contributed by atoms with Crippen LogP contribution in [0.1, 0.15) is 31.9 Å². The van der Waals surface area contributed by atoms with Crippen LogP contribution >= 0.6 is 11.8 Å². The number of nitrogens with zero attached hydrogens (tertiary/aromatic N) is 3. The molecule has 0 radical (unpaired) electrons. The summed E-state index contributed by atoms with van der Waals surface area (Å²) in [6.07, 6.45) is 0.854. The normalized spacial score (nSPS) is 13.9. The highest BCUT2D eigenvalue weighted by Gasteiger charge is 2.22. The zero-order chi connectivity index (χ0) is 24.1. The van der Waals surface area contributed by atoms with Crippen LogP contribution in [0.4, 0.5) is 0 Å².